The van der Waals surface area contributed by atoms with Gasteiger partial charge in [-0.25, -0.2) is 0 Å². The molecule has 0 fully saturated rings. The molecule has 0 saturated carbocycles. The van der Waals surface area contributed by atoms with Crippen LogP contribution in [0, 0.1) is 5.41 Å². The van der Waals surface area contributed by atoms with Crippen LogP contribution in [0.1, 0.15) is 20.3 Å². The molecule has 0 aliphatic rings. The molecule has 0 bridgehead atoms. The van der Waals surface area contributed by atoms with Crippen molar-refractivity contribution in [1.82, 2.24) is 0 Å². The Balaban J connectivity index is 3.10. The van der Waals surface area contributed by atoms with Crippen molar-refractivity contribution in [2.45, 2.75) is 20.3 Å². The van der Waals surface area contributed by atoms with E-state index in [9.17, 15) is 4.79 Å². The number of nitrogens with two attached hydrogens (primary N) is 1. The van der Waals surface area contributed by atoms with Gasteiger partial charge in [0.2, 0.25) is 5.91 Å². The maximum Gasteiger partial charge on any atom is 0.238 e. The summed E-state index contributed by atoms with van der Waals surface area (Å²) in [5.41, 5.74) is 4.71. The summed E-state index contributed by atoms with van der Waals surface area (Å²) in [5, 5.41) is 15.1. The van der Waals surface area contributed by atoms with Crippen molar-refractivity contribution < 1.29 is 10.0 Å². The van der Waals surface area contributed by atoms with Gasteiger partial charge in [-0.1, -0.05) is 46.9 Å². The standard InChI is InChI=1S/C12H14Cl3N3O2/c1-3-12(2,10(16)18-20)11(19)17-9-5-7(14)6(13)4-8(9)15/h4-5,20H,3H2,1-2H3,(H2,16,18)(H,17,19). The topological polar surface area (TPSA) is 87.7 Å². The van der Waals surface area contributed by atoms with Crippen molar-refractivity contribution >= 4 is 52.2 Å². The lowest BCUT2D eigenvalue weighted by atomic mass is 9.85. The third-order valence-corrected chi connectivity index (χ3v) is 4.17. The van der Waals surface area contributed by atoms with Crippen molar-refractivity contribution in [2.24, 2.45) is 16.3 Å². The van der Waals surface area contributed by atoms with Crippen molar-refractivity contribution in [3.8, 4) is 0 Å². The Bertz CT molecular complexity index is 563. The number of carbonyl (C=O) groups excluding carboxylic acids is 1. The van der Waals surface area contributed by atoms with Gasteiger partial charge in [-0.05, 0) is 25.5 Å². The van der Waals surface area contributed by atoms with E-state index in [2.05, 4.69) is 10.5 Å². The maximum atomic E-state index is 12.3. The Kier molecular flexibility index (Phi) is 5.50. The van der Waals surface area contributed by atoms with E-state index in [1.165, 1.54) is 12.1 Å². The number of benzene rings is 1. The molecule has 0 aliphatic carbocycles. The molecule has 4 N–H and O–H groups in total. The number of hydrogen-bond donors (Lipinski definition) is 3. The molecule has 1 atom stereocenters. The summed E-state index contributed by atoms with van der Waals surface area (Å²) in [7, 11) is 0. The number of oxime groups is 1. The first-order chi connectivity index (χ1) is 9.26. The maximum absolute atomic E-state index is 12.3. The second kappa shape index (κ2) is 6.52. The monoisotopic (exact) mass is 337 g/mol. The Labute approximate surface area is 131 Å². The molecule has 0 spiro atoms. The van der Waals surface area contributed by atoms with Crippen LogP contribution in [-0.4, -0.2) is 17.0 Å². The van der Waals surface area contributed by atoms with Crippen LogP contribution in [0.4, 0.5) is 5.69 Å². The molecule has 5 nitrogen and oxygen atoms in total. The van der Waals surface area contributed by atoms with Gasteiger partial charge in [-0.2, -0.15) is 0 Å². The fourth-order valence-corrected chi connectivity index (χ4v) is 2.04. The molecule has 1 unspecified atom stereocenters. The Morgan fingerprint density at radius 1 is 1.35 bits per heavy atom. The number of amidine groups is 1. The summed E-state index contributed by atoms with van der Waals surface area (Å²) in [5.74, 6) is -0.649. The highest BCUT2D eigenvalue weighted by Crippen LogP contribution is 2.33. The minimum absolute atomic E-state index is 0.186. The lowest BCUT2D eigenvalue weighted by molar-refractivity contribution is -0.121. The van der Waals surface area contributed by atoms with Gasteiger partial charge in [-0.15, -0.1) is 0 Å². The van der Waals surface area contributed by atoms with Crippen molar-refractivity contribution in [2.75, 3.05) is 5.32 Å². The Hall–Kier alpha value is -1.17. The largest absolute Gasteiger partial charge is 0.409 e. The smallest absolute Gasteiger partial charge is 0.238 e. The van der Waals surface area contributed by atoms with E-state index in [-0.39, 0.29) is 20.9 Å². The molecule has 0 aliphatic heterocycles. The zero-order chi connectivity index (χ0) is 15.5. The highest BCUT2D eigenvalue weighted by atomic mass is 35.5. The summed E-state index contributed by atoms with van der Waals surface area (Å²) >= 11 is 17.7. The molecule has 0 radical (unpaired) electrons. The first kappa shape index (κ1) is 16.9. The van der Waals surface area contributed by atoms with E-state index in [4.69, 9.17) is 45.7 Å². The average Bonchev–Trinajstić information content (AvgIpc) is 2.42. The van der Waals surface area contributed by atoms with E-state index >= 15 is 0 Å². The molecule has 110 valence electrons. The number of halogens is 3. The summed E-state index contributed by atoms with van der Waals surface area (Å²) in [6, 6.07) is 2.86. The summed E-state index contributed by atoms with van der Waals surface area (Å²) in [6.07, 6.45) is 0.341. The predicted molar refractivity (Wildman–Crippen MR) is 81.9 cm³/mol. The lowest BCUT2D eigenvalue weighted by Gasteiger charge is -2.25. The first-order valence-electron chi connectivity index (χ1n) is 5.70. The zero-order valence-electron chi connectivity index (χ0n) is 10.9. The number of carbonyl (C=O) groups is 1. The van der Waals surface area contributed by atoms with Crippen molar-refractivity contribution in [1.29, 1.82) is 0 Å². The predicted octanol–water partition coefficient (Wildman–Crippen LogP) is 3.75. The molecule has 1 aromatic carbocycles. The third kappa shape index (κ3) is 3.29. The number of anilines is 1. The molecule has 1 aromatic rings. The fraction of sp³-hybridized carbons (Fsp3) is 0.333. The molecule has 1 rings (SSSR count). The zero-order valence-corrected chi connectivity index (χ0v) is 13.1. The number of rotatable bonds is 4. The summed E-state index contributed by atoms with van der Waals surface area (Å²) in [6.45, 7) is 3.30. The minimum atomic E-state index is -1.16. The van der Waals surface area contributed by atoms with Gasteiger partial charge in [-0.3, -0.25) is 4.79 Å². The van der Waals surface area contributed by atoms with Gasteiger partial charge in [0.1, 0.15) is 5.41 Å². The molecule has 1 amide bonds. The van der Waals surface area contributed by atoms with E-state index in [1.807, 2.05) is 0 Å². The number of hydrogen-bond acceptors (Lipinski definition) is 3. The van der Waals surface area contributed by atoms with Crippen LogP contribution in [0.15, 0.2) is 17.3 Å². The van der Waals surface area contributed by atoms with Gasteiger partial charge >= 0.3 is 0 Å². The summed E-state index contributed by atoms with van der Waals surface area (Å²) in [4.78, 5) is 12.3. The first-order valence-corrected chi connectivity index (χ1v) is 6.83. The third-order valence-electron chi connectivity index (χ3n) is 3.14. The number of nitrogens with one attached hydrogen (secondary N) is 1. The molecular weight excluding hydrogens is 325 g/mol. The van der Waals surface area contributed by atoms with Crippen LogP contribution in [0.25, 0.3) is 0 Å². The quantitative estimate of drug-likeness (QED) is 0.257. The van der Waals surface area contributed by atoms with Crippen molar-refractivity contribution in [3.63, 3.8) is 0 Å². The second-order valence-electron chi connectivity index (χ2n) is 4.37. The van der Waals surface area contributed by atoms with Crippen LogP contribution in [0.2, 0.25) is 15.1 Å². The highest BCUT2D eigenvalue weighted by Gasteiger charge is 2.36. The molecule has 0 heterocycles. The highest BCUT2D eigenvalue weighted by molar-refractivity contribution is 6.44. The second-order valence-corrected chi connectivity index (χ2v) is 5.59. The van der Waals surface area contributed by atoms with Gasteiger partial charge in [0.25, 0.3) is 0 Å². The fourth-order valence-electron chi connectivity index (χ4n) is 1.45. The average molecular weight is 339 g/mol. The Morgan fingerprint density at radius 2 is 1.90 bits per heavy atom. The van der Waals surface area contributed by atoms with Gasteiger partial charge in [0, 0.05) is 0 Å². The van der Waals surface area contributed by atoms with Crippen LogP contribution in [0.3, 0.4) is 0 Å². The van der Waals surface area contributed by atoms with Crippen molar-refractivity contribution in [3.05, 3.63) is 27.2 Å². The molecule has 8 heteroatoms. The SMILES string of the molecule is CCC(C)(C(=O)Nc1cc(Cl)c(Cl)cc1Cl)/C(N)=N/O. The van der Waals surface area contributed by atoms with E-state index in [1.54, 1.807) is 13.8 Å². The number of amides is 1. The van der Waals surface area contributed by atoms with E-state index < -0.39 is 11.3 Å². The van der Waals surface area contributed by atoms with Gasteiger partial charge < -0.3 is 16.3 Å². The Morgan fingerprint density at radius 3 is 2.40 bits per heavy atom. The molecule has 20 heavy (non-hydrogen) atoms. The minimum Gasteiger partial charge on any atom is -0.409 e. The van der Waals surface area contributed by atoms with Crippen LogP contribution in [-0.2, 0) is 4.79 Å². The van der Waals surface area contributed by atoms with Gasteiger partial charge in [0.15, 0.2) is 5.84 Å². The van der Waals surface area contributed by atoms with Gasteiger partial charge in [0.05, 0.1) is 20.8 Å². The van der Waals surface area contributed by atoms with E-state index in [0.717, 1.165) is 0 Å². The molecular formula is C12H14Cl3N3O2. The normalized spacial score (nSPS) is 14.8. The van der Waals surface area contributed by atoms with Crippen LogP contribution < -0.4 is 11.1 Å². The summed E-state index contributed by atoms with van der Waals surface area (Å²) < 4.78 is 0. The number of nitrogens with zero attached hydrogens (tertiary/aromatic N) is 1. The molecule has 0 aromatic heterocycles. The van der Waals surface area contributed by atoms with Crippen LogP contribution >= 0.6 is 34.8 Å². The van der Waals surface area contributed by atoms with E-state index in [0.29, 0.717) is 12.1 Å². The molecule has 0 saturated heterocycles. The lowest BCUT2D eigenvalue weighted by Crippen LogP contribution is -2.44. The van der Waals surface area contributed by atoms with Crippen LogP contribution in [0.5, 0.6) is 0 Å².